The van der Waals surface area contributed by atoms with Crippen LogP contribution in [0.3, 0.4) is 0 Å². The fourth-order valence-electron chi connectivity index (χ4n) is 3.42. The summed E-state index contributed by atoms with van der Waals surface area (Å²) >= 11 is 0. The molecule has 1 heterocycles. The smallest absolute Gasteiger partial charge is 0.128 e. The zero-order chi connectivity index (χ0) is 17.6. The van der Waals surface area contributed by atoms with E-state index >= 15 is 0 Å². The first kappa shape index (κ1) is 17.7. The zero-order valence-corrected chi connectivity index (χ0v) is 14.7. The van der Waals surface area contributed by atoms with Gasteiger partial charge in [-0.05, 0) is 43.7 Å². The second kappa shape index (κ2) is 8.32. The maximum Gasteiger partial charge on any atom is 0.128 e. The Hall–Kier alpha value is -2.11. The predicted molar refractivity (Wildman–Crippen MR) is 96.6 cm³/mol. The van der Waals surface area contributed by atoms with Crippen LogP contribution < -0.4 is 20.1 Å². The molecule has 0 bridgehead atoms. The number of nitrogens with one attached hydrogen (secondary N) is 2. The second-order valence-corrected chi connectivity index (χ2v) is 6.26. The highest BCUT2D eigenvalue weighted by Crippen LogP contribution is 2.28. The van der Waals surface area contributed by atoms with E-state index in [4.69, 9.17) is 9.47 Å². The van der Waals surface area contributed by atoms with Crippen LogP contribution in [0.1, 0.15) is 30.0 Å². The normalized spacial score (nSPS) is 20.3. The largest absolute Gasteiger partial charge is 0.497 e. The van der Waals surface area contributed by atoms with E-state index in [0.717, 1.165) is 42.0 Å². The summed E-state index contributed by atoms with van der Waals surface area (Å²) in [5, 5.41) is 7.03. The summed E-state index contributed by atoms with van der Waals surface area (Å²) < 4.78 is 25.0. The topological polar surface area (TPSA) is 42.5 Å². The van der Waals surface area contributed by atoms with Gasteiger partial charge in [-0.15, -0.1) is 0 Å². The van der Waals surface area contributed by atoms with Crippen molar-refractivity contribution in [3.63, 3.8) is 0 Å². The van der Waals surface area contributed by atoms with Gasteiger partial charge in [-0.25, -0.2) is 4.39 Å². The van der Waals surface area contributed by atoms with Crippen LogP contribution in [0.25, 0.3) is 0 Å². The molecule has 2 N–H and O–H groups in total. The van der Waals surface area contributed by atoms with E-state index in [2.05, 4.69) is 10.6 Å². The third-order valence-corrected chi connectivity index (χ3v) is 4.74. The van der Waals surface area contributed by atoms with Crippen LogP contribution in [0.15, 0.2) is 42.5 Å². The first-order chi connectivity index (χ1) is 12.2. The first-order valence-corrected chi connectivity index (χ1v) is 8.65. The lowest BCUT2D eigenvalue weighted by Gasteiger charge is -2.34. The molecule has 1 saturated heterocycles. The molecule has 3 rings (SSSR count). The molecule has 25 heavy (non-hydrogen) atoms. The SMILES string of the molecule is COc1ccc(OC)c(CN[C@@H]2CCCN[C@@H]2c2ccccc2F)c1. The van der Waals surface area contributed by atoms with E-state index in [1.807, 2.05) is 30.3 Å². The van der Waals surface area contributed by atoms with Crippen LogP contribution >= 0.6 is 0 Å². The second-order valence-electron chi connectivity index (χ2n) is 6.26. The third kappa shape index (κ3) is 4.11. The number of halogens is 1. The van der Waals surface area contributed by atoms with Crippen LogP contribution in [0, 0.1) is 5.82 Å². The van der Waals surface area contributed by atoms with Crippen molar-refractivity contribution in [1.29, 1.82) is 0 Å². The minimum Gasteiger partial charge on any atom is -0.497 e. The van der Waals surface area contributed by atoms with Crippen LogP contribution in [-0.2, 0) is 6.54 Å². The Morgan fingerprint density at radius 3 is 2.76 bits per heavy atom. The summed E-state index contributed by atoms with van der Waals surface area (Å²) in [6.45, 7) is 1.54. The molecule has 1 aliphatic rings. The quantitative estimate of drug-likeness (QED) is 0.843. The highest BCUT2D eigenvalue weighted by molar-refractivity contribution is 5.40. The number of hydrogen-bond acceptors (Lipinski definition) is 4. The van der Waals surface area contributed by atoms with Gasteiger partial charge in [-0.2, -0.15) is 0 Å². The number of methoxy groups -OCH3 is 2. The number of benzene rings is 2. The van der Waals surface area contributed by atoms with Crippen molar-refractivity contribution >= 4 is 0 Å². The molecule has 2 aromatic rings. The number of hydrogen-bond donors (Lipinski definition) is 2. The molecule has 134 valence electrons. The molecule has 5 heteroatoms. The van der Waals surface area contributed by atoms with Crippen LogP contribution in [-0.4, -0.2) is 26.8 Å². The molecule has 2 atom stereocenters. The molecule has 1 fully saturated rings. The Kier molecular flexibility index (Phi) is 5.89. The Balaban J connectivity index is 1.76. The molecule has 0 spiro atoms. The fraction of sp³-hybridized carbons (Fsp3) is 0.400. The molecular weight excluding hydrogens is 319 g/mol. The van der Waals surface area contributed by atoms with Crippen molar-refractivity contribution in [3.8, 4) is 11.5 Å². The zero-order valence-electron chi connectivity index (χ0n) is 14.7. The molecule has 0 saturated carbocycles. The van der Waals surface area contributed by atoms with Gasteiger partial charge in [0.2, 0.25) is 0 Å². The van der Waals surface area contributed by atoms with Gasteiger partial charge in [0.05, 0.1) is 20.3 Å². The van der Waals surface area contributed by atoms with E-state index in [-0.39, 0.29) is 17.9 Å². The van der Waals surface area contributed by atoms with Gasteiger partial charge in [0.15, 0.2) is 0 Å². The fourth-order valence-corrected chi connectivity index (χ4v) is 3.42. The Labute approximate surface area is 148 Å². The highest BCUT2D eigenvalue weighted by atomic mass is 19.1. The van der Waals surface area contributed by atoms with Crippen molar-refractivity contribution in [2.45, 2.75) is 31.5 Å². The minimum absolute atomic E-state index is 0.0356. The van der Waals surface area contributed by atoms with Gasteiger partial charge >= 0.3 is 0 Å². The van der Waals surface area contributed by atoms with Crippen LogP contribution in [0.4, 0.5) is 4.39 Å². The van der Waals surface area contributed by atoms with E-state index < -0.39 is 0 Å². The molecule has 0 aliphatic carbocycles. The van der Waals surface area contributed by atoms with Crippen molar-refractivity contribution in [1.82, 2.24) is 10.6 Å². The molecule has 0 amide bonds. The van der Waals surface area contributed by atoms with Crippen molar-refractivity contribution < 1.29 is 13.9 Å². The average Bonchev–Trinajstić information content (AvgIpc) is 2.67. The predicted octanol–water partition coefficient (Wildman–Crippen LogP) is 3.43. The lowest BCUT2D eigenvalue weighted by molar-refractivity contribution is 0.296. The van der Waals surface area contributed by atoms with E-state index in [0.29, 0.717) is 6.54 Å². The Morgan fingerprint density at radius 1 is 1.16 bits per heavy atom. The lowest BCUT2D eigenvalue weighted by atomic mass is 9.91. The van der Waals surface area contributed by atoms with Gasteiger partial charge in [0, 0.05) is 23.7 Å². The van der Waals surface area contributed by atoms with Gasteiger partial charge in [-0.1, -0.05) is 18.2 Å². The molecular formula is C20H25FN2O2. The average molecular weight is 344 g/mol. The van der Waals surface area contributed by atoms with Gasteiger partial charge in [0.25, 0.3) is 0 Å². The lowest BCUT2D eigenvalue weighted by Crippen LogP contribution is -2.46. The van der Waals surface area contributed by atoms with Gasteiger partial charge in [-0.3, -0.25) is 0 Å². The molecule has 0 aromatic heterocycles. The van der Waals surface area contributed by atoms with E-state index in [1.165, 1.54) is 6.07 Å². The maximum atomic E-state index is 14.2. The Morgan fingerprint density at radius 2 is 2.00 bits per heavy atom. The minimum atomic E-state index is -0.160. The standard InChI is InChI=1S/C20H25FN2O2/c1-24-15-9-10-19(25-2)14(12-15)13-23-18-8-5-11-22-20(18)16-6-3-4-7-17(16)21/h3-4,6-7,9-10,12,18,20,22-23H,5,8,11,13H2,1-2H3/t18-,20-/m1/s1. The monoisotopic (exact) mass is 344 g/mol. The number of piperidine rings is 1. The molecule has 2 aromatic carbocycles. The third-order valence-electron chi connectivity index (χ3n) is 4.74. The summed E-state index contributed by atoms with van der Waals surface area (Å²) in [5.41, 5.74) is 1.75. The molecule has 0 unspecified atom stereocenters. The van der Waals surface area contributed by atoms with Crippen LogP contribution in [0.5, 0.6) is 11.5 Å². The molecule has 0 radical (unpaired) electrons. The summed E-state index contributed by atoms with van der Waals surface area (Å²) in [7, 11) is 3.31. The van der Waals surface area contributed by atoms with E-state index in [1.54, 1.807) is 20.3 Å². The van der Waals surface area contributed by atoms with Crippen LogP contribution in [0.2, 0.25) is 0 Å². The van der Waals surface area contributed by atoms with Crippen molar-refractivity contribution in [2.75, 3.05) is 20.8 Å². The summed E-state index contributed by atoms with van der Waals surface area (Å²) in [5.74, 6) is 1.46. The van der Waals surface area contributed by atoms with Crippen molar-refractivity contribution in [2.24, 2.45) is 0 Å². The maximum absolute atomic E-state index is 14.2. The Bertz CT molecular complexity index is 708. The number of rotatable bonds is 6. The summed E-state index contributed by atoms with van der Waals surface area (Å²) in [4.78, 5) is 0. The highest BCUT2D eigenvalue weighted by Gasteiger charge is 2.27. The molecule has 1 aliphatic heterocycles. The van der Waals surface area contributed by atoms with Crippen molar-refractivity contribution in [3.05, 3.63) is 59.4 Å². The molecule has 4 nitrogen and oxygen atoms in total. The number of ether oxygens (including phenoxy) is 2. The van der Waals surface area contributed by atoms with Gasteiger partial charge < -0.3 is 20.1 Å². The van der Waals surface area contributed by atoms with Gasteiger partial charge in [0.1, 0.15) is 17.3 Å². The summed E-state index contributed by atoms with van der Waals surface area (Å²) in [6.07, 6.45) is 2.07. The summed E-state index contributed by atoms with van der Waals surface area (Å²) in [6, 6.07) is 12.9. The van der Waals surface area contributed by atoms with E-state index in [9.17, 15) is 4.39 Å². The first-order valence-electron chi connectivity index (χ1n) is 8.65.